The summed E-state index contributed by atoms with van der Waals surface area (Å²) in [7, 11) is 0. The summed E-state index contributed by atoms with van der Waals surface area (Å²) >= 11 is 0. The Kier molecular flexibility index (Phi) is 4.41. The molecule has 1 N–H and O–H groups in total. The molecule has 0 unspecified atom stereocenters. The number of aromatic nitrogens is 1. The van der Waals surface area contributed by atoms with Gasteiger partial charge >= 0.3 is 0 Å². The minimum absolute atomic E-state index is 0.0862. The number of nitrogens with one attached hydrogen (secondary N) is 1. The van der Waals surface area contributed by atoms with E-state index < -0.39 is 10.5 Å². The van der Waals surface area contributed by atoms with Gasteiger partial charge in [0.2, 0.25) is 5.91 Å². The van der Waals surface area contributed by atoms with E-state index in [1.165, 1.54) is 5.56 Å². The minimum Gasteiger partial charge on any atom is -0.348 e. The molecule has 1 amide bonds. The first-order valence-corrected chi connectivity index (χ1v) is 7.76. The van der Waals surface area contributed by atoms with Gasteiger partial charge in [-0.1, -0.05) is 24.3 Å². The van der Waals surface area contributed by atoms with E-state index in [9.17, 15) is 19.7 Å². The molecule has 1 atom stereocenters. The number of pyridine rings is 1. The third-order valence-electron chi connectivity index (χ3n) is 4.20. The summed E-state index contributed by atoms with van der Waals surface area (Å²) in [5.74, 6) is -0.334. The normalized spacial score (nSPS) is 16.2. The molecule has 0 saturated carbocycles. The van der Waals surface area contributed by atoms with Crippen molar-refractivity contribution in [3.63, 3.8) is 0 Å². The van der Waals surface area contributed by atoms with Crippen LogP contribution in [0.25, 0.3) is 0 Å². The Balaban J connectivity index is 1.74. The topological polar surface area (TPSA) is 94.2 Å². The summed E-state index contributed by atoms with van der Waals surface area (Å²) in [5, 5.41) is 13.7. The van der Waals surface area contributed by atoms with Crippen LogP contribution < -0.4 is 10.9 Å². The molecule has 1 aliphatic carbocycles. The van der Waals surface area contributed by atoms with Crippen LogP contribution in [0.1, 0.15) is 30.0 Å². The summed E-state index contributed by atoms with van der Waals surface area (Å²) in [5.41, 5.74) is 1.66. The fourth-order valence-corrected chi connectivity index (χ4v) is 3.05. The largest absolute Gasteiger partial charge is 0.348 e. The van der Waals surface area contributed by atoms with Crippen molar-refractivity contribution in [1.29, 1.82) is 0 Å². The van der Waals surface area contributed by atoms with Crippen LogP contribution in [0.3, 0.4) is 0 Å². The van der Waals surface area contributed by atoms with Gasteiger partial charge in [-0.05, 0) is 30.4 Å². The van der Waals surface area contributed by atoms with E-state index in [1.807, 2.05) is 18.2 Å². The quantitative estimate of drug-likeness (QED) is 0.686. The number of rotatable bonds is 4. The van der Waals surface area contributed by atoms with Gasteiger partial charge in [-0.2, -0.15) is 0 Å². The number of nitro groups is 1. The van der Waals surface area contributed by atoms with Crippen LogP contribution in [0.5, 0.6) is 0 Å². The van der Waals surface area contributed by atoms with Crippen molar-refractivity contribution in [3.8, 4) is 0 Å². The standard InChI is InChI=1S/C17H17N3O4/c21-16(11-19-10-13(20(23)24)8-9-17(19)22)18-15-7-3-5-12-4-1-2-6-14(12)15/h1-2,4,6,8-10,15H,3,5,7,11H2,(H,18,21)/t15-/m0/s1. The number of aryl methyl sites for hydroxylation is 1. The number of nitrogens with zero attached hydrogens (tertiary/aromatic N) is 2. The molecule has 0 fully saturated rings. The highest BCUT2D eigenvalue weighted by Crippen LogP contribution is 2.29. The second kappa shape index (κ2) is 6.66. The van der Waals surface area contributed by atoms with E-state index in [0.717, 1.165) is 47.7 Å². The van der Waals surface area contributed by atoms with Gasteiger partial charge in [0.15, 0.2) is 0 Å². The van der Waals surface area contributed by atoms with Gasteiger partial charge in [-0.3, -0.25) is 24.3 Å². The predicted molar refractivity (Wildman–Crippen MR) is 87.6 cm³/mol. The number of amides is 1. The molecule has 0 spiro atoms. The second-order valence-corrected chi connectivity index (χ2v) is 5.82. The zero-order valence-corrected chi connectivity index (χ0v) is 13.0. The Morgan fingerprint density at radius 1 is 1.29 bits per heavy atom. The zero-order chi connectivity index (χ0) is 17.1. The zero-order valence-electron chi connectivity index (χ0n) is 13.0. The lowest BCUT2D eigenvalue weighted by molar-refractivity contribution is -0.385. The third-order valence-corrected chi connectivity index (χ3v) is 4.20. The van der Waals surface area contributed by atoms with Gasteiger partial charge in [-0.15, -0.1) is 0 Å². The van der Waals surface area contributed by atoms with E-state index >= 15 is 0 Å². The van der Waals surface area contributed by atoms with E-state index in [4.69, 9.17) is 0 Å². The maximum atomic E-state index is 12.3. The summed E-state index contributed by atoms with van der Waals surface area (Å²) < 4.78 is 1.06. The highest BCUT2D eigenvalue weighted by molar-refractivity contribution is 5.76. The average molecular weight is 327 g/mol. The fourth-order valence-electron chi connectivity index (χ4n) is 3.05. The van der Waals surface area contributed by atoms with Crippen LogP contribution in [0.15, 0.2) is 47.4 Å². The molecule has 1 heterocycles. The van der Waals surface area contributed by atoms with Gasteiger partial charge in [0.05, 0.1) is 17.2 Å². The number of benzene rings is 1. The van der Waals surface area contributed by atoms with Crippen LogP contribution in [0.2, 0.25) is 0 Å². The number of carbonyl (C=O) groups excluding carboxylic acids is 1. The molecule has 1 aliphatic rings. The molecule has 0 radical (unpaired) electrons. The first-order chi connectivity index (χ1) is 11.5. The lowest BCUT2D eigenvalue weighted by Crippen LogP contribution is -2.35. The van der Waals surface area contributed by atoms with E-state index in [1.54, 1.807) is 0 Å². The molecule has 0 aliphatic heterocycles. The van der Waals surface area contributed by atoms with E-state index in [2.05, 4.69) is 11.4 Å². The lowest BCUT2D eigenvalue weighted by atomic mass is 9.88. The van der Waals surface area contributed by atoms with Crippen molar-refractivity contribution in [2.75, 3.05) is 0 Å². The average Bonchev–Trinajstić information content (AvgIpc) is 2.57. The van der Waals surface area contributed by atoms with Crippen molar-refractivity contribution < 1.29 is 9.72 Å². The SMILES string of the molecule is O=C(Cn1cc([N+](=O)[O-])ccc1=O)N[C@H]1CCCc2ccccc21. The maximum Gasteiger partial charge on any atom is 0.285 e. The Morgan fingerprint density at radius 2 is 2.08 bits per heavy atom. The van der Waals surface area contributed by atoms with Gasteiger partial charge in [0, 0.05) is 12.1 Å². The van der Waals surface area contributed by atoms with Crippen LogP contribution in [0.4, 0.5) is 5.69 Å². The number of hydrogen-bond acceptors (Lipinski definition) is 4. The molecule has 24 heavy (non-hydrogen) atoms. The molecule has 0 bridgehead atoms. The summed E-state index contributed by atoms with van der Waals surface area (Å²) in [6.45, 7) is -0.237. The predicted octanol–water partition coefficient (Wildman–Crippen LogP) is 1.95. The molecule has 2 aromatic rings. The number of hydrogen-bond donors (Lipinski definition) is 1. The lowest BCUT2D eigenvalue weighted by Gasteiger charge is -2.26. The van der Waals surface area contributed by atoms with Crippen molar-refractivity contribution in [3.05, 3.63) is 74.2 Å². The maximum absolute atomic E-state index is 12.3. The highest BCUT2D eigenvalue weighted by atomic mass is 16.6. The van der Waals surface area contributed by atoms with Gasteiger partial charge in [0.1, 0.15) is 6.54 Å². The summed E-state index contributed by atoms with van der Waals surface area (Å²) in [6, 6.07) is 10.1. The molecule has 7 nitrogen and oxygen atoms in total. The molecule has 7 heteroatoms. The Morgan fingerprint density at radius 3 is 2.88 bits per heavy atom. The van der Waals surface area contributed by atoms with Crippen LogP contribution >= 0.6 is 0 Å². The van der Waals surface area contributed by atoms with Crippen LogP contribution in [0, 0.1) is 10.1 Å². The van der Waals surface area contributed by atoms with Crippen LogP contribution in [-0.4, -0.2) is 15.4 Å². The van der Waals surface area contributed by atoms with Crippen molar-refractivity contribution in [1.82, 2.24) is 9.88 Å². The molecule has 124 valence electrons. The fraction of sp³-hybridized carbons (Fsp3) is 0.294. The number of carbonyl (C=O) groups is 1. The van der Waals surface area contributed by atoms with Crippen molar-refractivity contribution >= 4 is 11.6 Å². The second-order valence-electron chi connectivity index (χ2n) is 5.82. The highest BCUT2D eigenvalue weighted by Gasteiger charge is 2.21. The molecular formula is C17H17N3O4. The first kappa shape index (κ1) is 15.9. The van der Waals surface area contributed by atoms with Crippen molar-refractivity contribution in [2.24, 2.45) is 0 Å². The van der Waals surface area contributed by atoms with E-state index in [-0.39, 0.29) is 24.2 Å². The third kappa shape index (κ3) is 3.34. The molecule has 1 aromatic carbocycles. The van der Waals surface area contributed by atoms with E-state index in [0.29, 0.717) is 0 Å². The Labute approximate surface area is 138 Å². The Hall–Kier alpha value is -2.96. The monoisotopic (exact) mass is 327 g/mol. The van der Waals surface area contributed by atoms with Gasteiger partial charge < -0.3 is 5.32 Å². The smallest absolute Gasteiger partial charge is 0.285 e. The molecular weight excluding hydrogens is 310 g/mol. The number of fused-ring (bicyclic) bond motifs is 1. The summed E-state index contributed by atoms with van der Waals surface area (Å²) in [4.78, 5) is 34.3. The van der Waals surface area contributed by atoms with Crippen LogP contribution in [-0.2, 0) is 17.8 Å². The Bertz CT molecular complexity index is 844. The van der Waals surface area contributed by atoms with Gasteiger partial charge in [-0.25, -0.2) is 0 Å². The van der Waals surface area contributed by atoms with Gasteiger partial charge in [0.25, 0.3) is 11.2 Å². The first-order valence-electron chi connectivity index (χ1n) is 7.76. The molecule has 1 aromatic heterocycles. The summed E-state index contributed by atoms with van der Waals surface area (Å²) in [6.07, 6.45) is 3.91. The molecule has 0 saturated heterocycles. The van der Waals surface area contributed by atoms with Crippen molar-refractivity contribution in [2.45, 2.75) is 31.8 Å². The molecule has 3 rings (SSSR count). The minimum atomic E-state index is -0.592.